The highest BCUT2D eigenvalue weighted by atomic mass is 16.5. The van der Waals surface area contributed by atoms with E-state index in [0.717, 1.165) is 17.7 Å². The molecule has 0 bridgehead atoms. The van der Waals surface area contributed by atoms with Gasteiger partial charge in [-0.1, -0.05) is 23.4 Å². The van der Waals surface area contributed by atoms with E-state index < -0.39 is 5.54 Å². The summed E-state index contributed by atoms with van der Waals surface area (Å²) in [6, 6.07) is 7.91. The van der Waals surface area contributed by atoms with Crippen molar-refractivity contribution in [2.75, 3.05) is 13.2 Å². The quantitative estimate of drug-likeness (QED) is 0.905. The lowest BCUT2D eigenvalue weighted by Gasteiger charge is -2.19. The summed E-state index contributed by atoms with van der Waals surface area (Å²) in [4.78, 5) is 4.39. The van der Waals surface area contributed by atoms with E-state index in [9.17, 15) is 0 Å². The van der Waals surface area contributed by atoms with Gasteiger partial charge in [0.05, 0.1) is 6.61 Å². The average Bonchev–Trinajstić information content (AvgIpc) is 3.11. The van der Waals surface area contributed by atoms with Crippen molar-refractivity contribution in [3.8, 4) is 5.75 Å². The summed E-state index contributed by atoms with van der Waals surface area (Å²) < 4.78 is 16.5. The van der Waals surface area contributed by atoms with E-state index in [-0.39, 0.29) is 6.10 Å². The van der Waals surface area contributed by atoms with Crippen molar-refractivity contribution in [2.45, 2.75) is 31.9 Å². The largest absolute Gasteiger partial charge is 0.480 e. The van der Waals surface area contributed by atoms with Crippen LogP contribution in [0.2, 0.25) is 0 Å². The maximum atomic E-state index is 6.17. The molecule has 2 unspecified atom stereocenters. The number of nitrogens with zero attached hydrogens (tertiary/aromatic N) is 2. The Bertz CT molecular complexity index is 599. The van der Waals surface area contributed by atoms with Crippen LogP contribution in [-0.4, -0.2) is 23.4 Å². The highest BCUT2D eigenvalue weighted by Crippen LogP contribution is 2.35. The van der Waals surface area contributed by atoms with Gasteiger partial charge >= 0.3 is 0 Å². The van der Waals surface area contributed by atoms with E-state index in [1.54, 1.807) is 0 Å². The Kier molecular flexibility index (Phi) is 3.65. The molecular weight excluding hydrogens is 270 g/mol. The number of hydrogen-bond donors (Lipinski definition) is 1. The number of aromatic nitrogens is 2. The smallest absolute Gasteiger partial charge is 0.268 e. The van der Waals surface area contributed by atoms with Gasteiger partial charge in [-0.15, -0.1) is 0 Å². The van der Waals surface area contributed by atoms with Gasteiger partial charge in [-0.2, -0.15) is 4.98 Å². The van der Waals surface area contributed by atoms with E-state index in [1.165, 1.54) is 0 Å². The molecule has 0 spiro atoms. The Morgan fingerprint density at radius 3 is 3.00 bits per heavy atom. The molecule has 2 N–H and O–H groups in total. The predicted molar refractivity (Wildman–Crippen MR) is 75.8 cm³/mol. The molecule has 6 nitrogen and oxygen atoms in total. The van der Waals surface area contributed by atoms with Crippen molar-refractivity contribution < 1.29 is 14.0 Å². The van der Waals surface area contributed by atoms with Crippen LogP contribution in [0.4, 0.5) is 0 Å². The summed E-state index contributed by atoms with van der Waals surface area (Å²) in [6.45, 7) is 4.68. The van der Waals surface area contributed by atoms with Crippen molar-refractivity contribution in [1.82, 2.24) is 10.1 Å². The van der Waals surface area contributed by atoms with Crippen LogP contribution in [0.1, 0.15) is 37.2 Å². The van der Waals surface area contributed by atoms with Crippen LogP contribution < -0.4 is 10.5 Å². The Balaban J connectivity index is 1.75. The van der Waals surface area contributed by atoms with Gasteiger partial charge in [0.25, 0.3) is 5.89 Å². The second-order valence-corrected chi connectivity index (χ2v) is 5.43. The molecule has 2 heterocycles. The van der Waals surface area contributed by atoms with Crippen molar-refractivity contribution in [3.63, 3.8) is 0 Å². The fourth-order valence-electron chi connectivity index (χ4n) is 2.30. The van der Waals surface area contributed by atoms with Crippen molar-refractivity contribution >= 4 is 0 Å². The van der Waals surface area contributed by atoms with Gasteiger partial charge in [-0.05, 0) is 25.5 Å². The van der Waals surface area contributed by atoms with Crippen LogP contribution in [-0.2, 0) is 16.7 Å². The summed E-state index contributed by atoms with van der Waals surface area (Å²) in [7, 11) is 0. The fourth-order valence-corrected chi connectivity index (χ4v) is 2.30. The standard InChI is InChI=1S/C15H19N3O3/c1-3-19-9-15(2,16)14-17-13(21-18-14)12-8-10-6-4-5-7-11(10)20-12/h4-7,12H,3,8-9,16H2,1-2H3. The lowest BCUT2D eigenvalue weighted by atomic mass is 10.1. The van der Waals surface area contributed by atoms with Crippen molar-refractivity contribution in [3.05, 3.63) is 41.5 Å². The van der Waals surface area contributed by atoms with E-state index in [4.69, 9.17) is 19.7 Å². The fraction of sp³-hybridized carbons (Fsp3) is 0.467. The van der Waals surface area contributed by atoms with Crippen molar-refractivity contribution in [2.24, 2.45) is 5.73 Å². The van der Waals surface area contributed by atoms with E-state index in [2.05, 4.69) is 10.1 Å². The van der Waals surface area contributed by atoms with E-state index in [1.807, 2.05) is 38.1 Å². The second kappa shape index (κ2) is 5.46. The van der Waals surface area contributed by atoms with E-state index in [0.29, 0.717) is 24.9 Å². The zero-order valence-corrected chi connectivity index (χ0v) is 12.2. The average molecular weight is 289 g/mol. The number of benzene rings is 1. The van der Waals surface area contributed by atoms with Crippen LogP contribution in [0.15, 0.2) is 28.8 Å². The van der Waals surface area contributed by atoms with Crippen LogP contribution in [0.5, 0.6) is 5.75 Å². The third kappa shape index (κ3) is 2.77. The molecule has 2 aromatic rings. The third-order valence-electron chi connectivity index (χ3n) is 3.48. The summed E-state index contributed by atoms with van der Waals surface area (Å²) >= 11 is 0. The van der Waals surface area contributed by atoms with Gasteiger partial charge in [-0.25, -0.2) is 0 Å². The van der Waals surface area contributed by atoms with Crippen LogP contribution in [0.3, 0.4) is 0 Å². The molecule has 0 amide bonds. The number of nitrogens with two attached hydrogens (primary N) is 1. The monoisotopic (exact) mass is 289 g/mol. The van der Waals surface area contributed by atoms with Gasteiger partial charge in [0.2, 0.25) is 0 Å². The van der Waals surface area contributed by atoms with Gasteiger partial charge in [-0.3, -0.25) is 0 Å². The zero-order valence-electron chi connectivity index (χ0n) is 12.2. The van der Waals surface area contributed by atoms with Gasteiger partial charge in [0.15, 0.2) is 11.9 Å². The van der Waals surface area contributed by atoms with E-state index >= 15 is 0 Å². The Morgan fingerprint density at radius 1 is 1.43 bits per heavy atom. The Hall–Kier alpha value is -1.92. The first-order chi connectivity index (χ1) is 10.1. The summed E-state index contributed by atoms with van der Waals surface area (Å²) in [5.74, 6) is 1.76. The summed E-state index contributed by atoms with van der Waals surface area (Å²) in [5, 5.41) is 3.98. The minimum absolute atomic E-state index is 0.244. The highest BCUT2D eigenvalue weighted by molar-refractivity contribution is 5.37. The normalized spacial score (nSPS) is 19.9. The Morgan fingerprint density at radius 2 is 2.24 bits per heavy atom. The predicted octanol–water partition coefficient (Wildman–Crippen LogP) is 1.96. The topological polar surface area (TPSA) is 83.4 Å². The molecule has 0 aliphatic carbocycles. The molecular formula is C15H19N3O3. The first kappa shape index (κ1) is 14.0. The maximum Gasteiger partial charge on any atom is 0.268 e. The molecule has 0 radical (unpaired) electrons. The number of fused-ring (bicyclic) bond motifs is 1. The number of hydrogen-bond acceptors (Lipinski definition) is 6. The van der Waals surface area contributed by atoms with Gasteiger partial charge in [0, 0.05) is 13.0 Å². The summed E-state index contributed by atoms with van der Waals surface area (Å²) in [5.41, 5.74) is 6.54. The lowest BCUT2D eigenvalue weighted by Crippen LogP contribution is -2.39. The first-order valence-corrected chi connectivity index (χ1v) is 7.05. The third-order valence-corrected chi connectivity index (χ3v) is 3.48. The summed E-state index contributed by atoms with van der Waals surface area (Å²) in [6.07, 6.45) is 0.483. The molecule has 1 aromatic heterocycles. The zero-order chi connectivity index (χ0) is 14.9. The van der Waals surface area contributed by atoms with Crippen molar-refractivity contribution in [1.29, 1.82) is 0 Å². The van der Waals surface area contributed by atoms with Crippen LogP contribution in [0.25, 0.3) is 0 Å². The number of rotatable bonds is 5. The van der Waals surface area contributed by atoms with Gasteiger partial charge < -0.3 is 19.7 Å². The number of ether oxygens (including phenoxy) is 2. The molecule has 3 rings (SSSR count). The molecule has 1 aliphatic heterocycles. The second-order valence-electron chi connectivity index (χ2n) is 5.43. The molecule has 21 heavy (non-hydrogen) atoms. The molecule has 2 atom stereocenters. The SMILES string of the molecule is CCOCC(C)(N)c1noc(C2Cc3ccccc3O2)n1. The highest BCUT2D eigenvalue weighted by Gasteiger charge is 2.33. The molecule has 1 aromatic carbocycles. The molecule has 0 fully saturated rings. The maximum absolute atomic E-state index is 6.17. The van der Waals surface area contributed by atoms with Crippen LogP contribution in [0, 0.1) is 0 Å². The minimum atomic E-state index is -0.775. The van der Waals surface area contributed by atoms with Gasteiger partial charge in [0.1, 0.15) is 11.3 Å². The molecule has 1 aliphatic rings. The molecule has 112 valence electrons. The van der Waals surface area contributed by atoms with Crippen LogP contribution >= 0.6 is 0 Å². The first-order valence-electron chi connectivity index (χ1n) is 7.05. The minimum Gasteiger partial charge on any atom is -0.480 e. The number of para-hydroxylation sites is 1. The molecule has 0 saturated heterocycles. The molecule has 6 heteroatoms. The Labute approximate surface area is 123 Å². The molecule has 0 saturated carbocycles. The lowest BCUT2D eigenvalue weighted by molar-refractivity contribution is 0.0962.